The lowest BCUT2D eigenvalue weighted by atomic mass is 10.0. The van der Waals surface area contributed by atoms with E-state index in [0.29, 0.717) is 17.7 Å². The minimum atomic E-state index is -3.90. The lowest BCUT2D eigenvalue weighted by Crippen LogP contribution is -2.49. The van der Waals surface area contributed by atoms with Crippen LogP contribution in [0.5, 0.6) is 5.75 Å². The van der Waals surface area contributed by atoms with Gasteiger partial charge in [-0.1, -0.05) is 32.0 Å². The van der Waals surface area contributed by atoms with Crippen molar-refractivity contribution in [2.45, 2.75) is 44.2 Å². The topological polar surface area (TPSA) is 70.1 Å². The summed E-state index contributed by atoms with van der Waals surface area (Å²) in [6.45, 7) is 7.29. The maximum Gasteiger partial charge on any atom is 0.247 e. The average Bonchev–Trinajstić information content (AvgIpc) is 2.75. The molecule has 6 nitrogen and oxygen atoms in total. The highest BCUT2D eigenvalue weighted by Crippen LogP contribution is 2.36. The Kier molecular flexibility index (Phi) is 7.92. The second-order valence-corrected chi connectivity index (χ2v) is 10.5. The Balaban J connectivity index is 2.11. The number of likely N-dealkylation sites (N-methyl/N-ethyl adjacent to an activating group) is 1. The van der Waals surface area contributed by atoms with Gasteiger partial charge in [-0.3, -0.25) is 0 Å². The highest BCUT2D eigenvalue weighted by atomic mass is 32.2. The molecule has 0 bridgehead atoms. The number of benzene rings is 2. The third kappa shape index (κ3) is 5.31. The van der Waals surface area contributed by atoms with Crippen LogP contribution in [0.15, 0.2) is 47.4 Å². The molecule has 1 aliphatic heterocycles. The van der Waals surface area contributed by atoms with Gasteiger partial charge in [0.2, 0.25) is 10.0 Å². The number of nitrogens with zero attached hydrogens (tertiary/aromatic N) is 2. The number of aliphatic hydroxyl groups is 1. The van der Waals surface area contributed by atoms with Gasteiger partial charge in [-0.2, -0.15) is 4.31 Å². The van der Waals surface area contributed by atoms with E-state index in [1.54, 1.807) is 31.2 Å². The van der Waals surface area contributed by atoms with Crippen LogP contribution in [0.4, 0.5) is 4.39 Å². The molecule has 0 aromatic heterocycles. The summed E-state index contributed by atoms with van der Waals surface area (Å²) in [5.74, 6) is -0.217. The predicted molar refractivity (Wildman–Crippen MR) is 124 cm³/mol. The zero-order valence-electron chi connectivity index (χ0n) is 19.2. The Hall–Kier alpha value is -2.00. The van der Waals surface area contributed by atoms with Crippen molar-refractivity contribution in [2.75, 3.05) is 33.3 Å². The van der Waals surface area contributed by atoms with Crippen LogP contribution in [-0.4, -0.2) is 68.2 Å². The molecule has 32 heavy (non-hydrogen) atoms. The Bertz CT molecular complexity index is 1030. The molecule has 0 aliphatic carbocycles. The Labute approximate surface area is 190 Å². The monoisotopic (exact) mass is 464 g/mol. The van der Waals surface area contributed by atoms with E-state index in [9.17, 15) is 17.9 Å². The fourth-order valence-electron chi connectivity index (χ4n) is 4.07. The number of aliphatic hydroxyl groups excluding tert-OH is 1. The Morgan fingerprint density at radius 2 is 1.97 bits per heavy atom. The van der Waals surface area contributed by atoms with E-state index in [-0.39, 0.29) is 41.6 Å². The number of ether oxygens (including phenoxy) is 1. The molecule has 8 heteroatoms. The number of fused-ring (bicyclic) bond motifs is 1. The van der Waals surface area contributed by atoms with Crippen molar-refractivity contribution in [3.8, 4) is 16.9 Å². The van der Waals surface area contributed by atoms with E-state index in [1.807, 2.05) is 14.0 Å². The minimum Gasteiger partial charge on any atom is -0.487 e. The first kappa shape index (κ1) is 24.6. The van der Waals surface area contributed by atoms with Crippen molar-refractivity contribution < 1.29 is 22.7 Å². The molecule has 1 N–H and O–H groups in total. The van der Waals surface area contributed by atoms with Gasteiger partial charge < -0.3 is 14.7 Å². The molecular weight excluding hydrogens is 431 g/mol. The van der Waals surface area contributed by atoms with Crippen LogP contribution >= 0.6 is 0 Å². The molecule has 0 amide bonds. The summed E-state index contributed by atoms with van der Waals surface area (Å²) < 4.78 is 48.5. The lowest BCUT2D eigenvalue weighted by Gasteiger charge is -2.37. The molecule has 1 aliphatic rings. The number of rotatable bonds is 7. The number of hydrogen-bond donors (Lipinski definition) is 1. The fraction of sp³-hybridized carbons (Fsp3) is 0.500. The number of hydrogen-bond acceptors (Lipinski definition) is 5. The van der Waals surface area contributed by atoms with Gasteiger partial charge in [0, 0.05) is 25.0 Å². The van der Waals surface area contributed by atoms with Crippen LogP contribution in [0.1, 0.15) is 27.2 Å². The van der Waals surface area contributed by atoms with Crippen LogP contribution < -0.4 is 4.74 Å². The van der Waals surface area contributed by atoms with Crippen LogP contribution in [0.3, 0.4) is 0 Å². The van der Waals surface area contributed by atoms with Crippen LogP contribution in [0, 0.1) is 11.7 Å². The first-order chi connectivity index (χ1) is 15.2. The van der Waals surface area contributed by atoms with Crippen molar-refractivity contribution in [1.82, 2.24) is 9.21 Å². The molecule has 0 saturated carbocycles. The molecule has 0 fully saturated rings. The standard InChI is InChI=1S/C24H33FN2O4S/c1-5-11-26(4)15-23-17(2)14-27(18(3)16-28)32(29,30)24-10-9-20(13-22(24)31-23)19-7-6-8-21(25)12-19/h6-10,12-13,17-18,23,28H,5,11,14-16H2,1-4H3/t17-,18+,23-/m0/s1. The van der Waals surface area contributed by atoms with Gasteiger partial charge in [0.25, 0.3) is 0 Å². The molecule has 176 valence electrons. The molecule has 3 atom stereocenters. The minimum absolute atomic E-state index is 0.0630. The molecule has 0 saturated heterocycles. The summed E-state index contributed by atoms with van der Waals surface area (Å²) in [7, 11) is -1.87. The summed E-state index contributed by atoms with van der Waals surface area (Å²) in [5.41, 5.74) is 1.32. The first-order valence-electron chi connectivity index (χ1n) is 11.0. The maximum atomic E-state index is 13.8. The quantitative estimate of drug-likeness (QED) is 0.678. The van der Waals surface area contributed by atoms with Crippen molar-refractivity contribution in [3.63, 3.8) is 0 Å². The third-order valence-electron chi connectivity index (χ3n) is 5.92. The second kappa shape index (κ2) is 10.3. The molecule has 0 unspecified atom stereocenters. The van der Waals surface area contributed by atoms with Crippen molar-refractivity contribution >= 4 is 10.0 Å². The summed E-state index contributed by atoms with van der Waals surface area (Å²) in [4.78, 5) is 2.24. The van der Waals surface area contributed by atoms with E-state index < -0.39 is 16.1 Å². The number of halogens is 1. The molecule has 2 aromatic rings. The fourth-order valence-corrected chi connectivity index (χ4v) is 5.90. The Morgan fingerprint density at radius 3 is 2.62 bits per heavy atom. The smallest absolute Gasteiger partial charge is 0.247 e. The van der Waals surface area contributed by atoms with Gasteiger partial charge >= 0.3 is 0 Å². The molecule has 3 rings (SSSR count). The van der Waals surface area contributed by atoms with Gasteiger partial charge in [0.15, 0.2) is 0 Å². The molecule has 2 aromatic carbocycles. The van der Waals surface area contributed by atoms with Crippen molar-refractivity contribution in [3.05, 3.63) is 48.3 Å². The zero-order chi connectivity index (χ0) is 23.5. The predicted octanol–water partition coefficient (Wildman–Crippen LogP) is 3.60. The summed E-state index contributed by atoms with van der Waals surface area (Å²) in [6.07, 6.45) is 0.747. The maximum absolute atomic E-state index is 13.8. The summed E-state index contributed by atoms with van der Waals surface area (Å²) in [6, 6.07) is 10.5. The third-order valence-corrected chi connectivity index (χ3v) is 7.94. The normalized spacial score (nSPS) is 22.0. The van der Waals surface area contributed by atoms with Gasteiger partial charge in [0.1, 0.15) is 22.6 Å². The Morgan fingerprint density at radius 1 is 1.25 bits per heavy atom. The number of sulfonamides is 1. The molecule has 0 radical (unpaired) electrons. The average molecular weight is 465 g/mol. The van der Waals surface area contributed by atoms with Gasteiger partial charge in [-0.05, 0) is 62.3 Å². The summed E-state index contributed by atoms with van der Waals surface area (Å²) in [5, 5.41) is 9.73. The first-order valence-corrected chi connectivity index (χ1v) is 12.5. The summed E-state index contributed by atoms with van der Waals surface area (Å²) >= 11 is 0. The highest BCUT2D eigenvalue weighted by molar-refractivity contribution is 7.89. The molecule has 1 heterocycles. The van der Waals surface area contributed by atoms with E-state index >= 15 is 0 Å². The van der Waals surface area contributed by atoms with Crippen molar-refractivity contribution in [2.24, 2.45) is 5.92 Å². The largest absolute Gasteiger partial charge is 0.487 e. The highest BCUT2D eigenvalue weighted by Gasteiger charge is 2.38. The van der Waals surface area contributed by atoms with E-state index in [1.165, 1.54) is 22.5 Å². The van der Waals surface area contributed by atoms with Gasteiger partial charge in [-0.15, -0.1) is 0 Å². The van der Waals surface area contributed by atoms with Crippen molar-refractivity contribution in [1.29, 1.82) is 0 Å². The SMILES string of the molecule is CCCN(C)C[C@@H]1Oc2cc(-c3cccc(F)c3)ccc2S(=O)(=O)N([C@H](C)CO)C[C@@H]1C. The second-order valence-electron chi connectivity index (χ2n) is 8.67. The van der Waals surface area contributed by atoms with Gasteiger partial charge in [0.05, 0.1) is 6.61 Å². The lowest BCUT2D eigenvalue weighted by molar-refractivity contribution is 0.0753. The molecule has 0 spiro atoms. The van der Waals surface area contributed by atoms with Gasteiger partial charge in [-0.25, -0.2) is 12.8 Å². The molecular formula is C24H33FN2O4S. The van der Waals surface area contributed by atoms with Crippen LogP contribution in [0.2, 0.25) is 0 Å². The van der Waals surface area contributed by atoms with Crippen LogP contribution in [-0.2, 0) is 10.0 Å². The van der Waals surface area contributed by atoms with E-state index in [0.717, 1.165) is 13.0 Å². The van der Waals surface area contributed by atoms with Crippen LogP contribution in [0.25, 0.3) is 11.1 Å². The van der Waals surface area contributed by atoms with E-state index in [4.69, 9.17) is 4.74 Å². The zero-order valence-corrected chi connectivity index (χ0v) is 20.0. The van der Waals surface area contributed by atoms with E-state index in [2.05, 4.69) is 11.8 Å².